The second kappa shape index (κ2) is 16.1. The molecule has 6 aromatic rings. The van der Waals surface area contributed by atoms with Crippen molar-refractivity contribution in [3.63, 3.8) is 0 Å². The third-order valence-electron chi connectivity index (χ3n) is 10.5. The Hall–Kier alpha value is -7.44. The molecule has 0 saturated carbocycles. The summed E-state index contributed by atoms with van der Waals surface area (Å²) >= 11 is 0. The van der Waals surface area contributed by atoms with Gasteiger partial charge < -0.3 is 30.4 Å². The molecular formula is C41H43N13O6. The zero-order chi connectivity index (χ0) is 42.1. The van der Waals surface area contributed by atoms with E-state index in [1.165, 1.54) is 11.2 Å². The lowest BCUT2D eigenvalue weighted by molar-refractivity contribution is -0.137. The maximum absolute atomic E-state index is 13.2. The highest BCUT2D eigenvalue weighted by atomic mass is 16.5. The van der Waals surface area contributed by atoms with Crippen molar-refractivity contribution in [2.45, 2.75) is 84.0 Å². The molecule has 1 atom stereocenters. The van der Waals surface area contributed by atoms with Gasteiger partial charge in [0.1, 0.15) is 29.6 Å². The fourth-order valence-corrected chi connectivity index (χ4v) is 7.36. The van der Waals surface area contributed by atoms with E-state index in [0.717, 1.165) is 22.2 Å². The van der Waals surface area contributed by atoms with E-state index in [0.29, 0.717) is 64.9 Å². The molecule has 4 aromatic heterocycles. The summed E-state index contributed by atoms with van der Waals surface area (Å²) in [4.78, 5) is 73.1. The number of nitrogen functional groups attached to an aromatic ring is 1. The molecule has 2 aliphatic heterocycles. The Morgan fingerprint density at radius 2 is 1.80 bits per heavy atom. The first-order valence-electron chi connectivity index (χ1n) is 19.5. The van der Waals surface area contributed by atoms with Crippen LogP contribution < -0.4 is 27.0 Å². The third-order valence-corrected chi connectivity index (χ3v) is 10.5. The fourth-order valence-electron chi connectivity index (χ4n) is 7.36. The average molecular weight is 814 g/mol. The second-order valence-corrected chi connectivity index (χ2v) is 15.8. The molecule has 2 aromatic carbocycles. The zero-order valence-corrected chi connectivity index (χ0v) is 33.2. The molecule has 2 aliphatic rings. The van der Waals surface area contributed by atoms with Crippen molar-refractivity contribution < 1.29 is 28.5 Å². The lowest BCUT2D eigenvalue weighted by Crippen LogP contribution is -2.52. The van der Waals surface area contributed by atoms with Crippen molar-refractivity contribution in [1.82, 2.24) is 44.9 Å². The van der Waals surface area contributed by atoms with Crippen LogP contribution in [0, 0.1) is 0 Å². The number of urea groups is 1. The largest absolute Gasteiger partial charge is 0.383 e. The van der Waals surface area contributed by atoms with Crippen LogP contribution in [0.2, 0.25) is 0 Å². The number of carbonyl (C=O) groups excluding carboxylic acids is 5. The van der Waals surface area contributed by atoms with Crippen LogP contribution in [0.15, 0.2) is 71.8 Å². The van der Waals surface area contributed by atoms with E-state index in [-0.39, 0.29) is 55.5 Å². The number of aryl methyl sites for hydroxylation is 3. The Kier molecular flexibility index (Phi) is 10.6. The highest BCUT2D eigenvalue weighted by Gasteiger charge is 2.40. The van der Waals surface area contributed by atoms with Crippen LogP contribution in [0.25, 0.3) is 22.2 Å². The minimum Gasteiger partial charge on any atom is -0.383 e. The van der Waals surface area contributed by atoms with Gasteiger partial charge in [-0.05, 0) is 49.1 Å². The summed E-state index contributed by atoms with van der Waals surface area (Å²) in [6.07, 6.45) is 7.09. The van der Waals surface area contributed by atoms with E-state index in [1.807, 2.05) is 49.9 Å². The van der Waals surface area contributed by atoms with Crippen LogP contribution in [-0.2, 0) is 45.9 Å². The zero-order valence-electron chi connectivity index (χ0n) is 33.2. The van der Waals surface area contributed by atoms with E-state index < -0.39 is 18.0 Å². The fraction of sp³-hybridized carbons (Fsp3) is 0.317. The first kappa shape index (κ1) is 39.4. The molecule has 6 N–H and O–H groups in total. The molecule has 6 heterocycles. The SMILES string of the molecule is CC(C)(C)c1cc(NC(=O)Nc2ccc(-c3cn(CCCc4cn(CCC(=O)Nc5cccc6c5CN(C5CCC(=O)NC5=O)C6=O)nn4)c4ncnc(N)c34)cc2)no1. The Labute approximate surface area is 343 Å². The molecule has 0 bridgehead atoms. The van der Waals surface area contributed by atoms with E-state index in [9.17, 15) is 24.0 Å². The Morgan fingerprint density at radius 1 is 0.983 bits per heavy atom. The van der Waals surface area contributed by atoms with Crippen molar-refractivity contribution >= 4 is 63.7 Å². The monoisotopic (exact) mass is 813 g/mol. The van der Waals surface area contributed by atoms with Gasteiger partial charge in [-0.2, -0.15) is 0 Å². The number of hydrogen-bond donors (Lipinski definition) is 5. The van der Waals surface area contributed by atoms with Gasteiger partial charge in [-0.25, -0.2) is 14.8 Å². The minimum absolute atomic E-state index is 0.113. The molecule has 0 radical (unpaired) electrons. The number of anilines is 4. The summed E-state index contributed by atoms with van der Waals surface area (Å²) in [5.41, 5.74) is 11.4. The van der Waals surface area contributed by atoms with Crippen LogP contribution in [0.5, 0.6) is 0 Å². The molecule has 60 heavy (non-hydrogen) atoms. The van der Waals surface area contributed by atoms with Crippen LogP contribution in [0.3, 0.4) is 0 Å². The number of nitrogens with two attached hydrogens (primary N) is 1. The van der Waals surface area contributed by atoms with Gasteiger partial charge in [-0.3, -0.25) is 34.5 Å². The van der Waals surface area contributed by atoms with Crippen molar-refractivity contribution in [3.05, 3.63) is 89.8 Å². The number of nitrogens with zero attached hydrogens (tertiary/aromatic N) is 8. The van der Waals surface area contributed by atoms with E-state index in [2.05, 4.69) is 46.7 Å². The second-order valence-electron chi connectivity index (χ2n) is 15.8. The van der Waals surface area contributed by atoms with E-state index in [1.54, 1.807) is 41.1 Å². The van der Waals surface area contributed by atoms with E-state index >= 15 is 0 Å². The van der Waals surface area contributed by atoms with Gasteiger partial charge >= 0.3 is 6.03 Å². The Morgan fingerprint density at radius 3 is 2.57 bits per heavy atom. The number of carbonyl (C=O) groups is 5. The summed E-state index contributed by atoms with van der Waals surface area (Å²) in [6, 6.07) is 12.9. The van der Waals surface area contributed by atoms with Gasteiger partial charge in [0.05, 0.1) is 17.6 Å². The van der Waals surface area contributed by atoms with Crippen LogP contribution >= 0.6 is 0 Å². The number of imide groups is 1. The smallest absolute Gasteiger partial charge is 0.324 e. The molecule has 1 unspecified atom stereocenters. The molecule has 19 nitrogen and oxygen atoms in total. The standard InChI is InChI=1S/C41H43N13O6/c1-41(2,3)31-18-32(50-60-31)47-40(59)45-24-11-9-23(10-12-24)27-20-52(37-35(27)36(42)43-22-44-37)16-5-6-25-19-53(51-49-25)17-15-34(56)46-29-8-4-7-26-28(29)21-54(39(26)58)30-13-14-33(55)48-38(30)57/h4,7-12,18-20,22,30H,5-6,13-17,21H2,1-3H3,(H,46,56)(H2,42,43,44)(H,48,55,57)(H2,45,47,50,59). The van der Waals surface area contributed by atoms with Crippen molar-refractivity contribution in [2.75, 3.05) is 21.7 Å². The summed E-state index contributed by atoms with van der Waals surface area (Å²) in [5.74, 6) is -0.0914. The third kappa shape index (κ3) is 8.27. The van der Waals surface area contributed by atoms with Crippen molar-refractivity contribution in [3.8, 4) is 11.1 Å². The number of rotatable bonds is 12. The first-order valence-corrected chi connectivity index (χ1v) is 19.5. The van der Waals surface area contributed by atoms with Gasteiger partial charge in [-0.15, -0.1) is 5.10 Å². The van der Waals surface area contributed by atoms with E-state index in [4.69, 9.17) is 10.3 Å². The predicted molar refractivity (Wildman–Crippen MR) is 219 cm³/mol. The molecule has 19 heteroatoms. The summed E-state index contributed by atoms with van der Waals surface area (Å²) in [6.45, 7) is 7.02. The molecule has 1 saturated heterocycles. The van der Waals surface area contributed by atoms with Crippen molar-refractivity contribution in [2.24, 2.45) is 0 Å². The lowest BCUT2D eigenvalue weighted by Gasteiger charge is -2.29. The number of benzene rings is 2. The minimum atomic E-state index is -0.744. The number of amides is 6. The lowest BCUT2D eigenvalue weighted by atomic mass is 9.93. The highest BCUT2D eigenvalue weighted by Crippen LogP contribution is 2.35. The molecular weight excluding hydrogens is 771 g/mol. The molecule has 0 aliphatic carbocycles. The summed E-state index contributed by atoms with van der Waals surface area (Å²) < 4.78 is 8.99. The van der Waals surface area contributed by atoms with Gasteiger partial charge in [0.15, 0.2) is 5.82 Å². The number of hydrogen-bond acceptors (Lipinski definition) is 12. The first-order chi connectivity index (χ1) is 28.8. The quantitative estimate of drug-likeness (QED) is 0.106. The summed E-state index contributed by atoms with van der Waals surface area (Å²) in [7, 11) is 0. The topological polar surface area (TPSA) is 250 Å². The number of nitrogens with one attached hydrogen (secondary N) is 4. The highest BCUT2D eigenvalue weighted by molar-refractivity contribution is 6.07. The predicted octanol–water partition coefficient (Wildman–Crippen LogP) is 4.62. The van der Waals surface area contributed by atoms with Crippen molar-refractivity contribution in [1.29, 1.82) is 0 Å². The van der Waals surface area contributed by atoms with Gasteiger partial charge in [0, 0.05) is 77.9 Å². The Bertz CT molecular complexity index is 2640. The van der Waals surface area contributed by atoms with Crippen LogP contribution in [0.4, 0.5) is 27.8 Å². The summed E-state index contributed by atoms with van der Waals surface area (Å²) in [5, 5.41) is 23.9. The van der Waals surface area contributed by atoms with Gasteiger partial charge in [-0.1, -0.05) is 49.3 Å². The molecule has 1 fully saturated rings. The normalized spacial score (nSPS) is 15.3. The molecule has 8 rings (SSSR count). The molecule has 0 spiro atoms. The average Bonchev–Trinajstić information content (AvgIpc) is 4.02. The van der Waals surface area contributed by atoms with Gasteiger partial charge in [0.2, 0.25) is 17.7 Å². The molecule has 308 valence electrons. The van der Waals surface area contributed by atoms with Crippen LogP contribution in [0.1, 0.15) is 73.8 Å². The number of fused-ring (bicyclic) bond motifs is 2. The van der Waals surface area contributed by atoms with Gasteiger partial charge in [0.25, 0.3) is 5.91 Å². The number of piperidine rings is 1. The maximum atomic E-state index is 13.2. The maximum Gasteiger partial charge on any atom is 0.324 e. The Balaban J connectivity index is 0.844. The number of aromatic nitrogens is 7. The molecule has 6 amide bonds. The van der Waals surface area contributed by atoms with Crippen LogP contribution in [-0.4, -0.2) is 75.3 Å².